The van der Waals surface area contributed by atoms with Crippen LogP contribution in [0.5, 0.6) is 0 Å². The molecule has 1 aliphatic rings. The molecule has 1 fully saturated rings. The van der Waals surface area contributed by atoms with Gasteiger partial charge >= 0.3 is 0 Å². The molecule has 0 atom stereocenters. The van der Waals surface area contributed by atoms with Crippen molar-refractivity contribution in [3.8, 4) is 0 Å². The highest BCUT2D eigenvalue weighted by atomic mass is 15.1. The molecule has 1 aliphatic carbocycles. The van der Waals surface area contributed by atoms with E-state index < -0.39 is 0 Å². The average Bonchev–Trinajstić information content (AvgIpc) is 3.31. The van der Waals surface area contributed by atoms with Crippen molar-refractivity contribution >= 4 is 5.69 Å². The van der Waals surface area contributed by atoms with Gasteiger partial charge in [-0.3, -0.25) is 4.98 Å². The van der Waals surface area contributed by atoms with Gasteiger partial charge in [0, 0.05) is 31.5 Å². The van der Waals surface area contributed by atoms with Crippen LogP contribution in [0.25, 0.3) is 0 Å². The van der Waals surface area contributed by atoms with Gasteiger partial charge in [-0.1, -0.05) is 23.8 Å². The summed E-state index contributed by atoms with van der Waals surface area (Å²) in [7, 11) is 2.11. The average molecular weight is 281 g/mol. The highest BCUT2D eigenvalue weighted by molar-refractivity contribution is 5.46. The van der Waals surface area contributed by atoms with E-state index in [1.807, 2.05) is 6.20 Å². The summed E-state index contributed by atoms with van der Waals surface area (Å²) in [6.45, 7) is 3.88. The number of nitrogens with zero attached hydrogens (tertiary/aromatic N) is 2. The molecule has 3 nitrogen and oxygen atoms in total. The number of nitrogens with one attached hydrogen (secondary N) is 1. The van der Waals surface area contributed by atoms with E-state index in [4.69, 9.17) is 0 Å². The first kappa shape index (κ1) is 14.1. The van der Waals surface area contributed by atoms with Gasteiger partial charge in [-0.15, -0.1) is 0 Å². The number of aryl methyl sites for hydroxylation is 1. The summed E-state index contributed by atoms with van der Waals surface area (Å²) >= 11 is 0. The summed E-state index contributed by atoms with van der Waals surface area (Å²) in [5.41, 5.74) is 4.89. The van der Waals surface area contributed by atoms with E-state index in [1.165, 1.54) is 29.7 Å². The third-order valence-electron chi connectivity index (χ3n) is 3.93. The Kier molecular flexibility index (Phi) is 4.20. The molecule has 1 saturated carbocycles. The maximum Gasteiger partial charge on any atom is 0.0598 e. The fourth-order valence-electron chi connectivity index (χ4n) is 2.34. The van der Waals surface area contributed by atoms with Crippen LogP contribution in [0, 0.1) is 6.92 Å². The fraction of sp³-hybridized carbons (Fsp3) is 0.389. The van der Waals surface area contributed by atoms with Crippen LogP contribution in [-0.2, 0) is 13.1 Å². The number of hydrogen-bond acceptors (Lipinski definition) is 3. The highest BCUT2D eigenvalue weighted by Gasteiger charge is 2.19. The Balaban J connectivity index is 1.57. The minimum atomic E-state index is 0.748. The van der Waals surface area contributed by atoms with Crippen molar-refractivity contribution in [3.05, 3.63) is 59.4 Å². The van der Waals surface area contributed by atoms with E-state index in [0.717, 1.165) is 24.8 Å². The standard InChI is InChI=1S/C18H23N3/c1-14-3-9-18(10-4-14)21(2)13-17-6-5-15(12-20-17)11-19-16-7-8-16/h3-6,9-10,12,16,19H,7-8,11,13H2,1-2H3. The van der Waals surface area contributed by atoms with E-state index in [-0.39, 0.29) is 0 Å². The fourth-order valence-corrected chi connectivity index (χ4v) is 2.34. The lowest BCUT2D eigenvalue weighted by molar-refractivity contribution is 0.685. The summed E-state index contributed by atoms with van der Waals surface area (Å²) < 4.78 is 0. The Morgan fingerprint density at radius 2 is 1.90 bits per heavy atom. The molecule has 110 valence electrons. The first-order valence-electron chi connectivity index (χ1n) is 7.66. The van der Waals surface area contributed by atoms with E-state index in [2.05, 4.69) is 65.6 Å². The second-order valence-electron chi connectivity index (χ2n) is 6.00. The van der Waals surface area contributed by atoms with Crippen molar-refractivity contribution in [3.63, 3.8) is 0 Å². The van der Waals surface area contributed by atoms with Gasteiger partial charge in [0.05, 0.1) is 12.2 Å². The van der Waals surface area contributed by atoms with Crippen molar-refractivity contribution in [2.75, 3.05) is 11.9 Å². The zero-order chi connectivity index (χ0) is 14.7. The lowest BCUT2D eigenvalue weighted by atomic mass is 10.2. The lowest BCUT2D eigenvalue weighted by Gasteiger charge is -2.19. The number of hydrogen-bond donors (Lipinski definition) is 1. The van der Waals surface area contributed by atoms with Crippen LogP contribution in [0.1, 0.15) is 29.7 Å². The van der Waals surface area contributed by atoms with Crippen LogP contribution in [-0.4, -0.2) is 18.1 Å². The predicted molar refractivity (Wildman–Crippen MR) is 87.4 cm³/mol. The quantitative estimate of drug-likeness (QED) is 0.880. The minimum Gasteiger partial charge on any atom is -0.369 e. The summed E-state index contributed by atoms with van der Waals surface area (Å²) in [6.07, 6.45) is 4.65. The molecule has 1 N–H and O–H groups in total. The largest absolute Gasteiger partial charge is 0.369 e. The first-order chi connectivity index (χ1) is 10.2. The van der Waals surface area contributed by atoms with Gasteiger partial charge in [-0.25, -0.2) is 0 Å². The van der Waals surface area contributed by atoms with Crippen LogP contribution in [0.15, 0.2) is 42.6 Å². The third-order valence-corrected chi connectivity index (χ3v) is 3.93. The van der Waals surface area contributed by atoms with Gasteiger partial charge in [0.25, 0.3) is 0 Å². The molecule has 0 aliphatic heterocycles. The molecule has 1 aromatic carbocycles. The molecule has 0 radical (unpaired) electrons. The maximum absolute atomic E-state index is 4.58. The zero-order valence-electron chi connectivity index (χ0n) is 12.8. The maximum atomic E-state index is 4.58. The van der Waals surface area contributed by atoms with Gasteiger partial charge in [0.1, 0.15) is 0 Å². The Morgan fingerprint density at radius 3 is 2.52 bits per heavy atom. The molecular weight excluding hydrogens is 258 g/mol. The van der Waals surface area contributed by atoms with Gasteiger partial charge < -0.3 is 10.2 Å². The monoisotopic (exact) mass is 281 g/mol. The summed E-state index contributed by atoms with van der Waals surface area (Å²) in [6, 6.07) is 13.7. The lowest BCUT2D eigenvalue weighted by Crippen LogP contribution is -2.18. The Morgan fingerprint density at radius 1 is 1.14 bits per heavy atom. The third kappa shape index (κ3) is 4.05. The molecule has 21 heavy (non-hydrogen) atoms. The van der Waals surface area contributed by atoms with Crippen LogP contribution < -0.4 is 10.2 Å². The summed E-state index contributed by atoms with van der Waals surface area (Å²) in [5, 5.41) is 3.51. The molecule has 3 rings (SSSR count). The molecule has 0 saturated heterocycles. The smallest absolute Gasteiger partial charge is 0.0598 e. The molecular formula is C18H23N3. The normalized spacial score (nSPS) is 14.2. The first-order valence-corrected chi connectivity index (χ1v) is 7.66. The molecule has 1 heterocycles. The van der Waals surface area contributed by atoms with Gasteiger partial charge in [0.15, 0.2) is 0 Å². The van der Waals surface area contributed by atoms with Crippen molar-refractivity contribution in [1.82, 2.24) is 10.3 Å². The topological polar surface area (TPSA) is 28.2 Å². The highest BCUT2D eigenvalue weighted by Crippen LogP contribution is 2.19. The zero-order valence-corrected chi connectivity index (χ0v) is 12.8. The van der Waals surface area contributed by atoms with Crippen LogP contribution >= 0.6 is 0 Å². The SMILES string of the molecule is Cc1ccc(N(C)Cc2ccc(CNC3CC3)cn2)cc1. The second kappa shape index (κ2) is 6.27. The Labute approximate surface area is 127 Å². The molecule has 3 heteroatoms. The van der Waals surface area contributed by atoms with Crippen LogP contribution in [0.4, 0.5) is 5.69 Å². The number of rotatable bonds is 6. The van der Waals surface area contributed by atoms with Crippen molar-refractivity contribution in [2.45, 2.75) is 38.9 Å². The van der Waals surface area contributed by atoms with Crippen LogP contribution in [0.3, 0.4) is 0 Å². The Hall–Kier alpha value is -1.87. The van der Waals surface area contributed by atoms with E-state index in [0.29, 0.717) is 0 Å². The minimum absolute atomic E-state index is 0.748. The van der Waals surface area contributed by atoms with Crippen molar-refractivity contribution in [2.24, 2.45) is 0 Å². The molecule has 1 aromatic heterocycles. The summed E-state index contributed by atoms with van der Waals surface area (Å²) in [4.78, 5) is 6.80. The predicted octanol–water partition coefficient (Wildman–Crippen LogP) is 3.28. The Bertz CT molecular complexity index is 570. The van der Waals surface area contributed by atoms with E-state index in [9.17, 15) is 0 Å². The molecule has 0 spiro atoms. The molecule has 0 bridgehead atoms. The van der Waals surface area contributed by atoms with Gasteiger partial charge in [-0.2, -0.15) is 0 Å². The second-order valence-corrected chi connectivity index (χ2v) is 6.00. The van der Waals surface area contributed by atoms with E-state index in [1.54, 1.807) is 0 Å². The number of anilines is 1. The van der Waals surface area contributed by atoms with Gasteiger partial charge in [0.2, 0.25) is 0 Å². The number of pyridine rings is 1. The summed E-state index contributed by atoms with van der Waals surface area (Å²) in [5.74, 6) is 0. The molecule has 2 aromatic rings. The van der Waals surface area contributed by atoms with Gasteiger partial charge in [-0.05, 0) is 43.5 Å². The van der Waals surface area contributed by atoms with Crippen molar-refractivity contribution in [1.29, 1.82) is 0 Å². The van der Waals surface area contributed by atoms with Crippen molar-refractivity contribution < 1.29 is 0 Å². The van der Waals surface area contributed by atoms with E-state index >= 15 is 0 Å². The molecule has 0 unspecified atom stereocenters. The number of benzene rings is 1. The number of aromatic nitrogens is 1. The van der Waals surface area contributed by atoms with Crippen LogP contribution in [0.2, 0.25) is 0 Å². The molecule has 0 amide bonds.